The average molecular weight is 345 g/mol. The van der Waals surface area contributed by atoms with Gasteiger partial charge in [0.05, 0.1) is 5.56 Å². The highest BCUT2D eigenvalue weighted by molar-refractivity contribution is 6.31. The zero-order chi connectivity index (χ0) is 17.3. The van der Waals surface area contributed by atoms with Crippen molar-refractivity contribution in [2.24, 2.45) is 0 Å². The second-order valence-corrected chi connectivity index (χ2v) is 5.76. The summed E-state index contributed by atoms with van der Waals surface area (Å²) in [5.41, 5.74) is -0.847. The minimum absolute atomic E-state index is 0.217. The van der Waals surface area contributed by atoms with Gasteiger partial charge in [-0.05, 0) is 25.1 Å². The Bertz CT molecular complexity index is 940. The topological polar surface area (TPSA) is 96.6 Å². The predicted molar refractivity (Wildman–Crippen MR) is 86.9 cm³/mol. The van der Waals surface area contributed by atoms with Gasteiger partial charge in [0.1, 0.15) is 6.33 Å². The van der Waals surface area contributed by atoms with Crippen LogP contribution in [0.15, 0.2) is 48.9 Å². The summed E-state index contributed by atoms with van der Waals surface area (Å²) in [5, 5.41) is 20.1. The van der Waals surface area contributed by atoms with Crippen molar-refractivity contribution in [3.63, 3.8) is 0 Å². The Balaban J connectivity index is 2.03. The Labute approximate surface area is 141 Å². The molecule has 2 heterocycles. The number of rotatable bonds is 4. The van der Waals surface area contributed by atoms with Crippen LogP contribution < -0.4 is 5.32 Å². The fourth-order valence-electron chi connectivity index (χ4n) is 2.43. The van der Waals surface area contributed by atoms with Crippen LogP contribution in [0.1, 0.15) is 22.8 Å². The normalized spacial score (nSPS) is 13.4. The molecule has 0 aliphatic carbocycles. The van der Waals surface area contributed by atoms with Crippen molar-refractivity contribution in [3.8, 4) is 0 Å². The Hall–Kier alpha value is -2.93. The van der Waals surface area contributed by atoms with E-state index >= 15 is 0 Å². The second-order valence-electron chi connectivity index (χ2n) is 5.35. The Morgan fingerprint density at radius 2 is 2.00 bits per heavy atom. The molecule has 0 radical (unpaired) electrons. The number of carbonyl (C=O) groups is 2. The SMILES string of the molecule is CC(NC(=O)c1cccn2cnnc12)(C(=O)O)c1ccccc1Cl. The molecule has 0 aliphatic rings. The maximum absolute atomic E-state index is 12.7. The number of nitrogens with zero attached hydrogens (tertiary/aromatic N) is 3. The summed E-state index contributed by atoms with van der Waals surface area (Å²) < 4.78 is 1.57. The highest BCUT2D eigenvalue weighted by Crippen LogP contribution is 2.28. The molecular formula is C16H13ClN4O3. The average Bonchev–Trinajstić information content (AvgIpc) is 3.03. The van der Waals surface area contributed by atoms with Gasteiger partial charge in [-0.1, -0.05) is 29.8 Å². The molecule has 24 heavy (non-hydrogen) atoms. The van der Waals surface area contributed by atoms with E-state index in [0.29, 0.717) is 11.2 Å². The van der Waals surface area contributed by atoms with E-state index in [0.717, 1.165) is 0 Å². The first-order chi connectivity index (χ1) is 11.4. The number of aromatic nitrogens is 3. The lowest BCUT2D eigenvalue weighted by Gasteiger charge is -2.27. The molecule has 0 aliphatic heterocycles. The molecule has 0 saturated heterocycles. The molecule has 1 aromatic carbocycles. The third-order valence-corrected chi connectivity index (χ3v) is 4.10. The second kappa shape index (κ2) is 5.93. The summed E-state index contributed by atoms with van der Waals surface area (Å²) >= 11 is 6.12. The van der Waals surface area contributed by atoms with E-state index in [9.17, 15) is 14.7 Å². The van der Waals surface area contributed by atoms with Crippen LogP contribution in [-0.2, 0) is 10.3 Å². The number of carboxylic acids is 1. The molecule has 0 fully saturated rings. The van der Waals surface area contributed by atoms with Gasteiger partial charge in [-0.25, -0.2) is 4.79 Å². The van der Waals surface area contributed by atoms with E-state index in [2.05, 4.69) is 15.5 Å². The van der Waals surface area contributed by atoms with Crippen LogP contribution in [0.2, 0.25) is 5.02 Å². The molecule has 0 saturated carbocycles. The molecule has 1 atom stereocenters. The molecule has 3 aromatic rings. The smallest absolute Gasteiger partial charge is 0.333 e. The summed E-state index contributed by atoms with van der Waals surface area (Å²) in [6, 6.07) is 9.69. The van der Waals surface area contributed by atoms with Gasteiger partial charge in [0, 0.05) is 16.8 Å². The lowest BCUT2D eigenvalue weighted by Crippen LogP contribution is -2.49. The van der Waals surface area contributed by atoms with Crippen LogP contribution >= 0.6 is 11.6 Å². The Kier molecular flexibility index (Phi) is 3.94. The number of hydrogen-bond donors (Lipinski definition) is 2. The van der Waals surface area contributed by atoms with Gasteiger partial charge < -0.3 is 10.4 Å². The van der Waals surface area contributed by atoms with Crippen molar-refractivity contribution in [1.82, 2.24) is 19.9 Å². The maximum Gasteiger partial charge on any atom is 0.333 e. The van der Waals surface area contributed by atoms with Crippen LogP contribution in [0.5, 0.6) is 0 Å². The van der Waals surface area contributed by atoms with Crippen molar-refractivity contribution >= 4 is 29.1 Å². The molecule has 2 N–H and O–H groups in total. The van der Waals surface area contributed by atoms with Crippen LogP contribution in [0, 0.1) is 0 Å². The van der Waals surface area contributed by atoms with Gasteiger partial charge in [0.15, 0.2) is 11.2 Å². The number of aliphatic carboxylic acids is 1. The number of amides is 1. The van der Waals surface area contributed by atoms with E-state index in [1.54, 1.807) is 47.0 Å². The largest absolute Gasteiger partial charge is 0.479 e. The first-order valence-corrected chi connectivity index (χ1v) is 7.40. The summed E-state index contributed by atoms with van der Waals surface area (Å²) in [6.07, 6.45) is 3.15. The van der Waals surface area contributed by atoms with Gasteiger partial charge in [-0.2, -0.15) is 0 Å². The number of benzene rings is 1. The molecular weight excluding hydrogens is 332 g/mol. The molecule has 7 nitrogen and oxygen atoms in total. The van der Waals surface area contributed by atoms with Crippen molar-refractivity contribution in [2.75, 3.05) is 0 Å². The predicted octanol–water partition coefficient (Wildman–Crippen LogP) is 2.11. The van der Waals surface area contributed by atoms with E-state index in [1.165, 1.54) is 13.3 Å². The molecule has 1 unspecified atom stereocenters. The number of pyridine rings is 1. The van der Waals surface area contributed by atoms with Crippen molar-refractivity contribution in [2.45, 2.75) is 12.5 Å². The molecule has 1 amide bonds. The lowest BCUT2D eigenvalue weighted by molar-refractivity contribution is -0.144. The first kappa shape index (κ1) is 15.9. The monoisotopic (exact) mass is 344 g/mol. The van der Waals surface area contributed by atoms with Gasteiger partial charge in [-0.3, -0.25) is 9.20 Å². The Morgan fingerprint density at radius 3 is 2.71 bits per heavy atom. The van der Waals surface area contributed by atoms with Crippen LogP contribution in [0.25, 0.3) is 5.65 Å². The molecule has 3 rings (SSSR count). The standard InChI is InChI=1S/C16H13ClN4O3/c1-16(15(23)24,11-6-2-3-7-12(11)17)19-14(22)10-5-4-8-21-9-18-20-13(10)21/h2-9H,1H3,(H,19,22)(H,23,24). The number of carbonyl (C=O) groups excluding carboxylic acids is 1. The lowest BCUT2D eigenvalue weighted by atomic mass is 9.91. The van der Waals surface area contributed by atoms with Crippen molar-refractivity contribution < 1.29 is 14.7 Å². The first-order valence-electron chi connectivity index (χ1n) is 7.03. The van der Waals surface area contributed by atoms with Crippen LogP contribution in [0.3, 0.4) is 0 Å². The van der Waals surface area contributed by atoms with E-state index in [-0.39, 0.29) is 10.6 Å². The number of nitrogens with one attached hydrogen (secondary N) is 1. The molecule has 122 valence electrons. The zero-order valence-electron chi connectivity index (χ0n) is 12.6. The highest BCUT2D eigenvalue weighted by Gasteiger charge is 2.39. The van der Waals surface area contributed by atoms with Crippen LogP contribution in [-0.4, -0.2) is 31.6 Å². The fourth-order valence-corrected chi connectivity index (χ4v) is 2.75. The van der Waals surface area contributed by atoms with Gasteiger partial charge >= 0.3 is 5.97 Å². The van der Waals surface area contributed by atoms with Gasteiger partial charge in [-0.15, -0.1) is 10.2 Å². The van der Waals surface area contributed by atoms with Crippen LogP contribution in [0.4, 0.5) is 0 Å². The number of hydrogen-bond acceptors (Lipinski definition) is 4. The summed E-state index contributed by atoms with van der Waals surface area (Å²) in [7, 11) is 0. The van der Waals surface area contributed by atoms with Crippen molar-refractivity contribution in [3.05, 3.63) is 65.1 Å². The fraction of sp³-hybridized carbons (Fsp3) is 0.125. The zero-order valence-corrected chi connectivity index (χ0v) is 13.4. The number of fused-ring (bicyclic) bond motifs is 1. The van der Waals surface area contributed by atoms with Gasteiger partial charge in [0.2, 0.25) is 0 Å². The number of halogens is 1. The third kappa shape index (κ3) is 2.59. The van der Waals surface area contributed by atoms with E-state index < -0.39 is 17.4 Å². The van der Waals surface area contributed by atoms with Crippen molar-refractivity contribution in [1.29, 1.82) is 0 Å². The van der Waals surface area contributed by atoms with E-state index in [1.807, 2.05) is 0 Å². The molecule has 8 heteroatoms. The van der Waals surface area contributed by atoms with Gasteiger partial charge in [0.25, 0.3) is 5.91 Å². The number of carboxylic acid groups (broad SMARTS) is 1. The quantitative estimate of drug-likeness (QED) is 0.755. The minimum Gasteiger partial charge on any atom is -0.479 e. The molecule has 2 aromatic heterocycles. The molecule has 0 spiro atoms. The maximum atomic E-state index is 12.7. The summed E-state index contributed by atoms with van der Waals surface area (Å²) in [5.74, 6) is -1.81. The third-order valence-electron chi connectivity index (χ3n) is 3.77. The van der Waals surface area contributed by atoms with E-state index in [4.69, 9.17) is 11.6 Å². The Morgan fingerprint density at radius 1 is 1.25 bits per heavy atom. The highest BCUT2D eigenvalue weighted by atomic mass is 35.5. The molecule has 0 bridgehead atoms. The summed E-state index contributed by atoms with van der Waals surface area (Å²) in [6.45, 7) is 1.39. The summed E-state index contributed by atoms with van der Waals surface area (Å²) in [4.78, 5) is 24.5. The minimum atomic E-state index is -1.69.